The molecule has 1 aliphatic heterocycles. The minimum Gasteiger partial charge on any atom is -0.356 e. The van der Waals surface area contributed by atoms with Crippen LogP contribution in [0.4, 0.5) is 0 Å². The monoisotopic (exact) mass is 425 g/mol. The summed E-state index contributed by atoms with van der Waals surface area (Å²) in [5.74, 6) is -0.123. The third kappa shape index (κ3) is 4.71. The molecular formula is C22H28N5O2P. The van der Waals surface area contributed by atoms with Gasteiger partial charge in [-0.15, -0.1) is 0 Å². The average molecular weight is 425 g/mol. The molecule has 1 atom stereocenters. The van der Waals surface area contributed by atoms with Crippen LogP contribution in [0.15, 0.2) is 55.0 Å². The minimum absolute atomic E-state index is 0.123. The number of carbonyl (C=O) groups is 1. The third-order valence-corrected chi connectivity index (χ3v) is 7.26. The van der Waals surface area contributed by atoms with Gasteiger partial charge >= 0.3 is 0 Å². The predicted molar refractivity (Wildman–Crippen MR) is 120 cm³/mol. The lowest BCUT2D eigenvalue weighted by Gasteiger charge is -2.38. The lowest BCUT2D eigenvalue weighted by atomic mass is 10.2. The highest BCUT2D eigenvalue weighted by Gasteiger charge is 2.24. The smallest absolute Gasteiger partial charge is 0.253 e. The van der Waals surface area contributed by atoms with Crippen molar-refractivity contribution >= 4 is 25.2 Å². The van der Waals surface area contributed by atoms with Crippen LogP contribution in [-0.2, 0) is 6.54 Å². The SMILES string of the molecule is CC(C)N1CCN(P(O)c2ccc(CNC(=O)c3ccc4nccn4c3)cc2)CC1. The van der Waals surface area contributed by atoms with E-state index in [1.165, 1.54) is 0 Å². The number of nitrogens with zero attached hydrogens (tertiary/aromatic N) is 4. The van der Waals surface area contributed by atoms with Crippen LogP contribution in [0.5, 0.6) is 0 Å². The van der Waals surface area contributed by atoms with Gasteiger partial charge in [0.15, 0.2) is 0 Å². The molecule has 1 amide bonds. The standard InChI is InChI=1S/C22H28N5O2P/c1-17(2)25-11-13-27(14-12-25)30(29)20-6-3-18(4-7-20)15-24-22(28)19-5-8-21-23-9-10-26(21)16-19/h3-10,16-17,29H,11-15H2,1-2H3,(H,24,28). The molecule has 1 fully saturated rings. The molecule has 1 aliphatic rings. The lowest BCUT2D eigenvalue weighted by molar-refractivity contribution is 0.0950. The molecule has 2 aromatic heterocycles. The topological polar surface area (TPSA) is 73.1 Å². The summed E-state index contributed by atoms with van der Waals surface area (Å²) in [4.78, 5) is 29.9. The number of imidazole rings is 1. The fraction of sp³-hybridized carbons (Fsp3) is 0.364. The highest BCUT2D eigenvalue weighted by molar-refractivity contribution is 7.57. The molecule has 0 saturated carbocycles. The number of piperazine rings is 1. The Morgan fingerprint density at radius 2 is 1.87 bits per heavy atom. The fourth-order valence-electron chi connectivity index (χ4n) is 3.67. The Balaban J connectivity index is 1.31. The molecule has 0 bridgehead atoms. The Labute approximate surface area is 178 Å². The lowest BCUT2D eigenvalue weighted by Crippen LogP contribution is -2.47. The van der Waals surface area contributed by atoms with Crippen molar-refractivity contribution in [1.82, 2.24) is 24.3 Å². The number of nitrogens with one attached hydrogen (secondary N) is 1. The summed E-state index contributed by atoms with van der Waals surface area (Å²) in [6, 6.07) is 12.1. The summed E-state index contributed by atoms with van der Waals surface area (Å²) in [6.45, 7) is 8.63. The van der Waals surface area contributed by atoms with E-state index in [4.69, 9.17) is 0 Å². The van der Waals surface area contributed by atoms with E-state index in [1.54, 1.807) is 18.5 Å². The van der Waals surface area contributed by atoms with Crippen LogP contribution in [0.1, 0.15) is 29.8 Å². The van der Waals surface area contributed by atoms with Crippen LogP contribution in [0, 0.1) is 0 Å². The van der Waals surface area contributed by atoms with Gasteiger partial charge in [-0.25, -0.2) is 4.98 Å². The molecule has 4 rings (SSSR count). The Hall–Kier alpha value is -2.31. The molecule has 8 heteroatoms. The molecule has 30 heavy (non-hydrogen) atoms. The Bertz CT molecular complexity index is 996. The van der Waals surface area contributed by atoms with Gasteiger partial charge in [0, 0.05) is 62.7 Å². The van der Waals surface area contributed by atoms with Gasteiger partial charge in [-0.3, -0.25) is 14.4 Å². The zero-order valence-electron chi connectivity index (χ0n) is 17.4. The van der Waals surface area contributed by atoms with Gasteiger partial charge in [-0.2, -0.15) is 0 Å². The van der Waals surface area contributed by atoms with Crippen molar-refractivity contribution in [3.8, 4) is 0 Å². The second kappa shape index (κ2) is 9.23. The van der Waals surface area contributed by atoms with Crippen LogP contribution < -0.4 is 10.6 Å². The highest BCUT2D eigenvalue weighted by Crippen LogP contribution is 2.35. The number of rotatable bonds is 6. The van der Waals surface area contributed by atoms with Gasteiger partial charge in [-0.05, 0) is 31.5 Å². The first-order valence-corrected chi connectivity index (χ1v) is 11.5. The maximum atomic E-state index is 12.4. The quantitative estimate of drug-likeness (QED) is 0.593. The number of benzene rings is 1. The molecule has 1 aromatic carbocycles. The molecule has 3 aromatic rings. The van der Waals surface area contributed by atoms with Crippen molar-refractivity contribution < 1.29 is 9.69 Å². The highest BCUT2D eigenvalue weighted by atomic mass is 31.2. The summed E-state index contributed by atoms with van der Waals surface area (Å²) >= 11 is 0. The van der Waals surface area contributed by atoms with Gasteiger partial charge in [0.2, 0.25) is 0 Å². The number of carbonyl (C=O) groups excluding carboxylic acids is 1. The van der Waals surface area contributed by atoms with E-state index in [0.29, 0.717) is 18.2 Å². The van der Waals surface area contributed by atoms with Crippen LogP contribution in [-0.4, -0.2) is 62.0 Å². The van der Waals surface area contributed by atoms with E-state index in [9.17, 15) is 9.69 Å². The van der Waals surface area contributed by atoms with Crippen molar-refractivity contribution in [3.63, 3.8) is 0 Å². The van der Waals surface area contributed by atoms with Crippen LogP contribution in [0.2, 0.25) is 0 Å². The summed E-state index contributed by atoms with van der Waals surface area (Å²) < 4.78 is 4.01. The maximum Gasteiger partial charge on any atom is 0.253 e. The van der Waals surface area contributed by atoms with E-state index >= 15 is 0 Å². The Morgan fingerprint density at radius 3 is 2.57 bits per heavy atom. The second-order valence-electron chi connectivity index (χ2n) is 7.83. The first-order valence-electron chi connectivity index (χ1n) is 10.3. The molecule has 3 heterocycles. The minimum atomic E-state index is -1.30. The summed E-state index contributed by atoms with van der Waals surface area (Å²) in [6.07, 6.45) is 5.30. The maximum absolute atomic E-state index is 12.4. The zero-order valence-corrected chi connectivity index (χ0v) is 18.3. The number of pyridine rings is 1. The molecule has 0 spiro atoms. The van der Waals surface area contributed by atoms with Crippen molar-refractivity contribution in [2.45, 2.75) is 26.4 Å². The van der Waals surface area contributed by atoms with Crippen molar-refractivity contribution in [2.24, 2.45) is 0 Å². The number of fused-ring (bicyclic) bond motifs is 1. The number of hydrogen-bond acceptors (Lipinski definition) is 5. The van der Waals surface area contributed by atoms with Crippen molar-refractivity contribution in [1.29, 1.82) is 0 Å². The first kappa shape index (κ1) is 20.9. The van der Waals surface area contributed by atoms with Gasteiger partial charge in [0.05, 0.1) is 5.56 Å². The normalized spacial score (nSPS) is 16.8. The summed E-state index contributed by atoms with van der Waals surface area (Å²) in [5.41, 5.74) is 2.41. The van der Waals surface area contributed by atoms with E-state index in [-0.39, 0.29) is 5.91 Å². The Morgan fingerprint density at radius 1 is 1.13 bits per heavy atom. The molecule has 158 valence electrons. The second-order valence-corrected chi connectivity index (χ2v) is 9.49. The van der Waals surface area contributed by atoms with Crippen LogP contribution in [0.25, 0.3) is 5.65 Å². The van der Waals surface area contributed by atoms with Crippen molar-refractivity contribution in [3.05, 3.63) is 66.1 Å². The Kier molecular flexibility index (Phi) is 6.44. The van der Waals surface area contributed by atoms with E-state index in [1.807, 2.05) is 40.9 Å². The van der Waals surface area contributed by atoms with E-state index in [2.05, 4.69) is 33.7 Å². The van der Waals surface area contributed by atoms with Crippen molar-refractivity contribution in [2.75, 3.05) is 26.2 Å². The third-order valence-electron chi connectivity index (χ3n) is 5.56. The molecule has 1 saturated heterocycles. The van der Waals surface area contributed by atoms with Gasteiger partial charge in [0.1, 0.15) is 13.9 Å². The fourth-order valence-corrected chi connectivity index (χ4v) is 4.97. The number of hydrogen-bond donors (Lipinski definition) is 2. The van der Waals surface area contributed by atoms with Crippen LogP contribution >= 0.6 is 8.30 Å². The van der Waals surface area contributed by atoms with Gasteiger partial charge in [0.25, 0.3) is 5.91 Å². The van der Waals surface area contributed by atoms with E-state index in [0.717, 1.165) is 42.7 Å². The van der Waals surface area contributed by atoms with Gasteiger partial charge in [-0.1, -0.05) is 24.3 Å². The molecule has 0 aliphatic carbocycles. The zero-order chi connectivity index (χ0) is 21.1. The summed E-state index contributed by atoms with van der Waals surface area (Å²) in [7, 11) is -1.30. The molecule has 2 N–H and O–H groups in total. The average Bonchev–Trinajstić information content (AvgIpc) is 3.25. The van der Waals surface area contributed by atoms with Gasteiger partial charge < -0.3 is 14.6 Å². The number of aromatic nitrogens is 2. The van der Waals surface area contributed by atoms with E-state index < -0.39 is 8.30 Å². The number of amides is 1. The largest absolute Gasteiger partial charge is 0.356 e. The molecule has 0 radical (unpaired) electrons. The van der Waals surface area contributed by atoms with Crippen LogP contribution in [0.3, 0.4) is 0 Å². The molecular weight excluding hydrogens is 397 g/mol. The first-order chi connectivity index (χ1) is 14.5. The molecule has 7 nitrogen and oxygen atoms in total. The summed E-state index contributed by atoms with van der Waals surface area (Å²) in [5, 5.41) is 3.90. The predicted octanol–water partition coefficient (Wildman–Crippen LogP) is 2.22. The molecule has 1 unspecified atom stereocenters.